The number of hydrogen-bond donors (Lipinski definition) is 1. The average Bonchev–Trinajstić information content (AvgIpc) is 2.32. The molecule has 4 heteroatoms. The largest absolute Gasteiger partial charge is 0.383 e. The van der Waals surface area contributed by atoms with Crippen molar-refractivity contribution in [3.8, 4) is 0 Å². The van der Waals surface area contributed by atoms with Gasteiger partial charge in [-0.2, -0.15) is 0 Å². The maximum absolute atomic E-state index is 5.86. The van der Waals surface area contributed by atoms with Crippen LogP contribution in [0.4, 0.5) is 5.69 Å². The van der Waals surface area contributed by atoms with Crippen molar-refractivity contribution in [3.05, 3.63) is 28.2 Å². The number of ether oxygens (including phenoxy) is 1. The number of anilines is 1. The number of nitrogens with two attached hydrogens (primary N) is 1. The van der Waals surface area contributed by atoms with Crippen LogP contribution in [0.15, 0.2) is 22.7 Å². The fourth-order valence-corrected chi connectivity index (χ4v) is 2.63. The first kappa shape index (κ1) is 16.5. The van der Waals surface area contributed by atoms with Gasteiger partial charge in [0.2, 0.25) is 0 Å². The zero-order chi connectivity index (χ0) is 14.4. The molecule has 1 rings (SSSR count). The first-order valence-electron chi connectivity index (χ1n) is 6.75. The Morgan fingerprint density at radius 1 is 1.32 bits per heavy atom. The highest BCUT2D eigenvalue weighted by Crippen LogP contribution is 2.26. The topological polar surface area (TPSA) is 38.5 Å². The van der Waals surface area contributed by atoms with Gasteiger partial charge in [-0.05, 0) is 44.9 Å². The maximum atomic E-state index is 5.86. The lowest BCUT2D eigenvalue weighted by Crippen LogP contribution is -2.33. The Morgan fingerprint density at radius 2 is 2.00 bits per heavy atom. The second-order valence-corrected chi connectivity index (χ2v) is 6.09. The Kier molecular flexibility index (Phi) is 6.83. The second-order valence-electron chi connectivity index (χ2n) is 5.24. The van der Waals surface area contributed by atoms with Crippen molar-refractivity contribution in [2.45, 2.75) is 39.3 Å². The summed E-state index contributed by atoms with van der Waals surface area (Å²) in [5.74, 6) is 0. The predicted molar refractivity (Wildman–Crippen MR) is 85.9 cm³/mol. The average molecular weight is 329 g/mol. The third-order valence-corrected chi connectivity index (χ3v) is 3.81. The maximum Gasteiger partial charge on any atom is 0.0637 e. The van der Waals surface area contributed by atoms with E-state index in [1.165, 1.54) is 11.3 Å². The van der Waals surface area contributed by atoms with Gasteiger partial charge in [0.15, 0.2) is 0 Å². The highest BCUT2D eigenvalue weighted by atomic mass is 79.9. The fraction of sp³-hybridized carbons (Fsp3) is 0.600. The third kappa shape index (κ3) is 5.13. The van der Waals surface area contributed by atoms with Crippen LogP contribution >= 0.6 is 15.9 Å². The van der Waals surface area contributed by atoms with Gasteiger partial charge in [-0.3, -0.25) is 0 Å². The number of nitrogens with zero attached hydrogens (tertiary/aromatic N) is 1. The number of rotatable bonds is 7. The summed E-state index contributed by atoms with van der Waals surface area (Å²) in [5.41, 5.74) is 8.33. The summed E-state index contributed by atoms with van der Waals surface area (Å²) >= 11 is 3.65. The smallest absolute Gasteiger partial charge is 0.0637 e. The van der Waals surface area contributed by atoms with E-state index in [9.17, 15) is 0 Å². The molecule has 1 aromatic carbocycles. The minimum Gasteiger partial charge on any atom is -0.383 e. The highest BCUT2D eigenvalue weighted by Gasteiger charge is 2.12. The van der Waals surface area contributed by atoms with E-state index >= 15 is 0 Å². The molecule has 0 saturated heterocycles. The molecule has 0 amide bonds. The number of methoxy groups -OCH3 is 1. The van der Waals surface area contributed by atoms with Gasteiger partial charge < -0.3 is 15.4 Å². The molecule has 0 fully saturated rings. The number of halogens is 1. The van der Waals surface area contributed by atoms with E-state index in [1.54, 1.807) is 7.11 Å². The summed E-state index contributed by atoms with van der Waals surface area (Å²) in [6, 6.07) is 7.12. The lowest BCUT2D eigenvalue weighted by atomic mass is 10.1. The van der Waals surface area contributed by atoms with E-state index in [0.29, 0.717) is 6.04 Å². The van der Waals surface area contributed by atoms with Crippen LogP contribution in [0.2, 0.25) is 0 Å². The summed E-state index contributed by atoms with van der Waals surface area (Å²) in [6.07, 6.45) is 0.889. The van der Waals surface area contributed by atoms with Gasteiger partial charge in [0.1, 0.15) is 0 Å². The molecule has 1 aromatic rings. The zero-order valence-corrected chi connectivity index (χ0v) is 13.9. The van der Waals surface area contributed by atoms with Gasteiger partial charge in [-0.1, -0.05) is 22.0 Å². The fourth-order valence-electron chi connectivity index (χ4n) is 2.10. The Bertz CT molecular complexity index is 394. The van der Waals surface area contributed by atoms with Crippen LogP contribution in [0.5, 0.6) is 0 Å². The molecule has 1 unspecified atom stereocenters. The molecule has 0 aromatic heterocycles. The zero-order valence-electron chi connectivity index (χ0n) is 12.3. The molecule has 0 aliphatic carbocycles. The lowest BCUT2D eigenvalue weighted by Gasteiger charge is -2.29. The molecule has 0 radical (unpaired) electrons. The molecule has 0 aliphatic heterocycles. The predicted octanol–water partition coefficient (Wildman–Crippen LogP) is 3.20. The normalized spacial score (nSPS) is 12.8. The second kappa shape index (κ2) is 7.88. The van der Waals surface area contributed by atoms with Crippen LogP contribution in [0.25, 0.3) is 0 Å². The highest BCUT2D eigenvalue weighted by molar-refractivity contribution is 9.10. The van der Waals surface area contributed by atoms with Crippen molar-refractivity contribution in [3.63, 3.8) is 0 Å². The van der Waals surface area contributed by atoms with E-state index in [1.807, 2.05) is 6.92 Å². The summed E-state index contributed by atoms with van der Waals surface area (Å²) in [7, 11) is 1.74. The van der Waals surface area contributed by atoms with E-state index in [2.05, 4.69) is 52.9 Å². The SMILES string of the molecule is COCCN(c1ccc(CC(C)N)c(Br)c1)C(C)C. The van der Waals surface area contributed by atoms with Crippen LogP contribution in [0, 0.1) is 0 Å². The molecule has 0 spiro atoms. The van der Waals surface area contributed by atoms with Gasteiger partial charge in [-0.15, -0.1) is 0 Å². The van der Waals surface area contributed by atoms with Crippen LogP contribution < -0.4 is 10.6 Å². The van der Waals surface area contributed by atoms with Crippen LogP contribution in [-0.4, -0.2) is 32.3 Å². The van der Waals surface area contributed by atoms with Crippen molar-refractivity contribution < 1.29 is 4.74 Å². The van der Waals surface area contributed by atoms with E-state index in [4.69, 9.17) is 10.5 Å². The molecular weight excluding hydrogens is 304 g/mol. The first-order chi connectivity index (χ1) is 8.95. The number of benzene rings is 1. The lowest BCUT2D eigenvalue weighted by molar-refractivity contribution is 0.204. The Labute approximate surface area is 125 Å². The van der Waals surface area contributed by atoms with Crippen molar-refractivity contribution in [2.75, 3.05) is 25.2 Å². The van der Waals surface area contributed by atoms with Crippen LogP contribution in [0.1, 0.15) is 26.3 Å². The minimum atomic E-state index is 0.178. The van der Waals surface area contributed by atoms with Gasteiger partial charge in [0.05, 0.1) is 6.61 Å². The molecular formula is C15H25BrN2O. The van der Waals surface area contributed by atoms with Crippen molar-refractivity contribution in [1.82, 2.24) is 0 Å². The molecule has 19 heavy (non-hydrogen) atoms. The molecule has 3 nitrogen and oxygen atoms in total. The van der Waals surface area contributed by atoms with Gasteiger partial charge in [0, 0.05) is 35.9 Å². The van der Waals surface area contributed by atoms with Gasteiger partial charge >= 0.3 is 0 Å². The van der Waals surface area contributed by atoms with Crippen molar-refractivity contribution in [2.24, 2.45) is 5.73 Å². The summed E-state index contributed by atoms with van der Waals surface area (Å²) < 4.78 is 6.31. The Hall–Kier alpha value is -0.580. The Morgan fingerprint density at radius 3 is 2.47 bits per heavy atom. The number of hydrogen-bond acceptors (Lipinski definition) is 3. The molecule has 0 bridgehead atoms. The summed E-state index contributed by atoms with van der Waals surface area (Å²) in [4.78, 5) is 2.34. The van der Waals surface area contributed by atoms with Crippen LogP contribution in [-0.2, 0) is 11.2 Å². The standard InChI is InChI=1S/C15H25BrN2O/c1-11(2)18(7-8-19-4)14-6-5-13(9-12(3)17)15(16)10-14/h5-6,10-12H,7-9,17H2,1-4H3. The molecule has 1 atom stereocenters. The molecule has 0 saturated carbocycles. The third-order valence-electron chi connectivity index (χ3n) is 3.07. The van der Waals surface area contributed by atoms with E-state index in [0.717, 1.165) is 24.0 Å². The van der Waals surface area contributed by atoms with E-state index in [-0.39, 0.29) is 6.04 Å². The molecule has 108 valence electrons. The van der Waals surface area contributed by atoms with Gasteiger partial charge in [0.25, 0.3) is 0 Å². The van der Waals surface area contributed by atoms with Crippen molar-refractivity contribution in [1.29, 1.82) is 0 Å². The first-order valence-corrected chi connectivity index (χ1v) is 7.54. The minimum absolute atomic E-state index is 0.178. The van der Waals surface area contributed by atoms with Crippen LogP contribution in [0.3, 0.4) is 0 Å². The quantitative estimate of drug-likeness (QED) is 0.835. The summed E-state index contributed by atoms with van der Waals surface area (Å²) in [5, 5.41) is 0. The van der Waals surface area contributed by atoms with E-state index < -0.39 is 0 Å². The molecule has 0 aliphatic rings. The summed E-state index contributed by atoms with van der Waals surface area (Å²) in [6.45, 7) is 8.04. The monoisotopic (exact) mass is 328 g/mol. The van der Waals surface area contributed by atoms with Crippen molar-refractivity contribution >= 4 is 21.6 Å². The molecule has 0 heterocycles. The Balaban J connectivity index is 2.90. The molecule has 2 N–H and O–H groups in total. The van der Waals surface area contributed by atoms with Gasteiger partial charge in [-0.25, -0.2) is 0 Å².